The maximum Gasteiger partial charge on any atom is 0.407 e. The number of sulfonamides is 1. The van der Waals surface area contributed by atoms with Crippen molar-refractivity contribution in [3.8, 4) is 11.3 Å². The quantitative estimate of drug-likeness (QED) is 0.200. The van der Waals surface area contributed by atoms with Crippen LogP contribution in [-0.4, -0.2) is 47.1 Å². The molecule has 3 N–H and O–H groups in total. The van der Waals surface area contributed by atoms with Crippen LogP contribution in [0.5, 0.6) is 0 Å². The molecule has 1 aliphatic carbocycles. The monoisotopic (exact) mass is 638 g/mol. The summed E-state index contributed by atoms with van der Waals surface area (Å²) in [5.74, 6) is -1.19. The van der Waals surface area contributed by atoms with Crippen LogP contribution in [0.2, 0.25) is 0 Å². The molecule has 0 atom stereocenters. The molecule has 1 fully saturated rings. The number of alkyl carbamates (subject to hydrolysis) is 1. The van der Waals surface area contributed by atoms with Crippen LogP contribution in [0, 0.1) is 18.6 Å². The van der Waals surface area contributed by atoms with E-state index in [1.807, 2.05) is 27.7 Å². The van der Waals surface area contributed by atoms with Gasteiger partial charge in [0, 0.05) is 17.6 Å². The van der Waals surface area contributed by atoms with Crippen LogP contribution in [0.4, 0.5) is 25.2 Å². The number of pyridine rings is 1. The Balaban J connectivity index is 1.22. The lowest BCUT2D eigenvalue weighted by Crippen LogP contribution is -2.42. The Labute approximate surface area is 261 Å². The highest BCUT2D eigenvalue weighted by atomic mass is 32.2. The van der Waals surface area contributed by atoms with Crippen molar-refractivity contribution in [3.05, 3.63) is 77.5 Å². The molecule has 5 rings (SSSR count). The molecule has 0 bridgehead atoms. The number of hydrogen-bond donors (Lipinski definition) is 3. The van der Waals surface area contributed by atoms with Gasteiger partial charge in [-0.3, -0.25) is 4.72 Å². The second kappa shape index (κ2) is 12.9. The van der Waals surface area contributed by atoms with Crippen molar-refractivity contribution < 1.29 is 26.7 Å². The molecule has 2 aromatic heterocycles. The van der Waals surface area contributed by atoms with E-state index in [0.717, 1.165) is 31.2 Å². The van der Waals surface area contributed by atoms with E-state index in [9.17, 15) is 17.6 Å². The Morgan fingerprint density at radius 1 is 0.978 bits per heavy atom. The molecule has 238 valence electrons. The zero-order chi connectivity index (χ0) is 32.4. The predicted molar refractivity (Wildman–Crippen MR) is 169 cm³/mol. The molecule has 0 unspecified atom stereocenters. The van der Waals surface area contributed by atoms with Gasteiger partial charge in [0.1, 0.15) is 22.8 Å². The number of aromatic nitrogens is 3. The van der Waals surface area contributed by atoms with Crippen LogP contribution >= 0.6 is 0 Å². The van der Waals surface area contributed by atoms with Gasteiger partial charge >= 0.3 is 6.09 Å². The minimum absolute atomic E-state index is 0.0563. The third kappa shape index (κ3) is 8.62. The number of nitrogens with one attached hydrogen (secondary N) is 3. The number of rotatable bonds is 8. The van der Waals surface area contributed by atoms with Gasteiger partial charge in [-0.1, -0.05) is 18.2 Å². The third-order valence-corrected chi connectivity index (χ3v) is 8.56. The van der Waals surface area contributed by atoms with Gasteiger partial charge in [-0.15, -0.1) is 0 Å². The number of carbonyl (C=O) groups excluding carboxylic acids is 1. The summed E-state index contributed by atoms with van der Waals surface area (Å²) in [6.07, 6.45) is 4.50. The highest BCUT2D eigenvalue weighted by molar-refractivity contribution is 7.91. The summed E-state index contributed by atoms with van der Waals surface area (Å²) in [6, 6.07) is 11.2. The number of fused-ring (bicyclic) bond motifs is 1. The molecule has 1 saturated carbocycles. The SMILES string of the molecule is Cc1cc(-c2ccc(NS(=O)(=O)Cc3ccc(F)cc3)c(F)c2)nc2cnc(NC3CCC(NC(=O)OC(C)(C)C)CC3)nc12. The van der Waals surface area contributed by atoms with E-state index in [4.69, 9.17) is 4.74 Å². The van der Waals surface area contributed by atoms with E-state index in [1.165, 1.54) is 36.4 Å². The van der Waals surface area contributed by atoms with Crippen LogP contribution in [0.15, 0.2) is 54.7 Å². The first-order chi connectivity index (χ1) is 21.2. The standard InChI is InChI=1S/C32H36F2N6O4S/c1-19-15-27(21-7-14-26(25(34)16-21)40-45(42,43)18-20-5-8-22(33)9-6-20)38-28-17-35-30(39-29(19)28)36-23-10-12-24(13-11-23)37-31(41)44-32(2,3)4/h5-9,14-17,23-24,40H,10-13,18H2,1-4H3,(H,37,41)(H,35,36,39). The van der Waals surface area contributed by atoms with E-state index in [0.29, 0.717) is 33.8 Å². The Bertz CT molecular complexity index is 1810. The first kappa shape index (κ1) is 32.0. The van der Waals surface area contributed by atoms with Gasteiger partial charge in [-0.25, -0.2) is 36.9 Å². The molecule has 10 nitrogen and oxygen atoms in total. The van der Waals surface area contributed by atoms with Gasteiger partial charge in [0.2, 0.25) is 16.0 Å². The van der Waals surface area contributed by atoms with Crippen molar-refractivity contribution in [2.45, 2.75) is 76.8 Å². The minimum atomic E-state index is -3.94. The van der Waals surface area contributed by atoms with Crippen LogP contribution in [0.1, 0.15) is 57.6 Å². The molecular weight excluding hydrogens is 602 g/mol. The zero-order valence-electron chi connectivity index (χ0n) is 25.5. The van der Waals surface area contributed by atoms with Crippen LogP contribution in [0.3, 0.4) is 0 Å². The van der Waals surface area contributed by atoms with Gasteiger partial charge in [-0.05, 0) is 94.8 Å². The number of halogens is 2. The van der Waals surface area contributed by atoms with Crippen LogP contribution < -0.4 is 15.4 Å². The maximum atomic E-state index is 15.0. The van der Waals surface area contributed by atoms with Gasteiger partial charge in [0.05, 0.1) is 28.8 Å². The molecule has 0 saturated heterocycles. The summed E-state index contributed by atoms with van der Waals surface area (Å²) in [6.45, 7) is 7.39. The van der Waals surface area contributed by atoms with Crippen molar-refractivity contribution in [1.82, 2.24) is 20.3 Å². The summed E-state index contributed by atoms with van der Waals surface area (Å²) in [7, 11) is -3.94. The van der Waals surface area contributed by atoms with E-state index in [-0.39, 0.29) is 17.8 Å². The number of anilines is 2. The Morgan fingerprint density at radius 2 is 1.67 bits per heavy atom. The van der Waals surface area contributed by atoms with Crippen molar-refractivity contribution in [2.24, 2.45) is 0 Å². The lowest BCUT2D eigenvalue weighted by atomic mass is 9.91. The average molecular weight is 639 g/mol. The molecule has 45 heavy (non-hydrogen) atoms. The van der Waals surface area contributed by atoms with E-state index in [1.54, 1.807) is 18.3 Å². The Kier molecular flexibility index (Phi) is 9.19. The normalized spacial score (nSPS) is 17.1. The number of carbonyl (C=O) groups is 1. The predicted octanol–water partition coefficient (Wildman–Crippen LogP) is 6.47. The minimum Gasteiger partial charge on any atom is -0.444 e. The zero-order valence-corrected chi connectivity index (χ0v) is 26.3. The molecule has 0 aliphatic heterocycles. The largest absolute Gasteiger partial charge is 0.444 e. The lowest BCUT2D eigenvalue weighted by molar-refractivity contribution is 0.0492. The summed E-state index contributed by atoms with van der Waals surface area (Å²) in [5.41, 5.74) is 2.58. The molecule has 1 amide bonds. The van der Waals surface area contributed by atoms with Gasteiger partial charge in [-0.2, -0.15) is 0 Å². The molecule has 0 spiro atoms. The van der Waals surface area contributed by atoms with Gasteiger partial charge in [0.25, 0.3) is 0 Å². The average Bonchev–Trinajstić information content (AvgIpc) is 2.95. The second-order valence-corrected chi connectivity index (χ2v) is 14.0. The summed E-state index contributed by atoms with van der Waals surface area (Å²) in [5, 5.41) is 6.34. The fraction of sp³-hybridized carbons (Fsp3) is 0.375. The Hall–Kier alpha value is -4.39. The fourth-order valence-corrected chi connectivity index (χ4v) is 6.40. The topological polar surface area (TPSA) is 135 Å². The smallest absolute Gasteiger partial charge is 0.407 e. The number of nitrogens with zero attached hydrogens (tertiary/aromatic N) is 3. The highest BCUT2D eigenvalue weighted by Crippen LogP contribution is 2.28. The third-order valence-electron chi connectivity index (χ3n) is 7.32. The summed E-state index contributed by atoms with van der Waals surface area (Å²) >= 11 is 0. The van der Waals surface area contributed by atoms with E-state index < -0.39 is 39.1 Å². The highest BCUT2D eigenvalue weighted by Gasteiger charge is 2.25. The number of benzene rings is 2. The number of amides is 1. The second-order valence-electron chi connectivity index (χ2n) is 12.3. The van der Waals surface area contributed by atoms with Crippen molar-refractivity contribution in [1.29, 1.82) is 0 Å². The molecule has 1 aliphatic rings. The van der Waals surface area contributed by atoms with Gasteiger partial charge in [0.15, 0.2) is 0 Å². The molecular formula is C32H36F2N6O4S. The van der Waals surface area contributed by atoms with E-state index >= 15 is 4.39 Å². The number of ether oxygens (including phenoxy) is 1. The molecule has 2 aromatic carbocycles. The van der Waals surface area contributed by atoms with Gasteiger partial charge < -0.3 is 15.4 Å². The summed E-state index contributed by atoms with van der Waals surface area (Å²) < 4.78 is 61.0. The maximum absolute atomic E-state index is 15.0. The number of hydrogen-bond acceptors (Lipinski definition) is 8. The lowest BCUT2D eigenvalue weighted by Gasteiger charge is -2.30. The van der Waals surface area contributed by atoms with Crippen LogP contribution in [-0.2, 0) is 20.5 Å². The molecule has 2 heterocycles. The molecule has 4 aromatic rings. The fourth-order valence-electron chi connectivity index (χ4n) is 5.20. The first-order valence-electron chi connectivity index (χ1n) is 14.7. The van der Waals surface area contributed by atoms with Crippen LogP contribution in [0.25, 0.3) is 22.3 Å². The summed E-state index contributed by atoms with van der Waals surface area (Å²) in [4.78, 5) is 25.8. The van der Waals surface area contributed by atoms with Crippen molar-refractivity contribution in [2.75, 3.05) is 10.0 Å². The molecule has 13 heteroatoms. The first-order valence-corrected chi connectivity index (χ1v) is 16.3. The van der Waals surface area contributed by atoms with E-state index in [2.05, 4.69) is 30.3 Å². The number of aryl methyl sites for hydroxylation is 1. The molecule has 0 radical (unpaired) electrons. The van der Waals surface area contributed by atoms with Crippen molar-refractivity contribution in [3.63, 3.8) is 0 Å². The van der Waals surface area contributed by atoms with Crippen molar-refractivity contribution >= 4 is 38.8 Å². The Morgan fingerprint density at radius 3 is 2.33 bits per heavy atom.